The van der Waals surface area contributed by atoms with Crippen LogP contribution >= 0.6 is 0 Å². The molecule has 0 amide bonds. The Morgan fingerprint density at radius 1 is 1.12 bits per heavy atom. The molecule has 1 aliphatic rings. The first-order valence-corrected chi connectivity index (χ1v) is 8.94. The van der Waals surface area contributed by atoms with Crippen molar-refractivity contribution in [1.29, 1.82) is 0 Å². The predicted octanol–water partition coefficient (Wildman–Crippen LogP) is 2.55. The summed E-state index contributed by atoms with van der Waals surface area (Å²) >= 11 is 0. The summed E-state index contributed by atoms with van der Waals surface area (Å²) in [6.45, 7) is 3.75. The van der Waals surface area contributed by atoms with Gasteiger partial charge in [0.1, 0.15) is 18.5 Å². The number of aliphatic hydroxyl groups excluding tert-OH is 1. The van der Waals surface area contributed by atoms with Gasteiger partial charge in [0.05, 0.1) is 0 Å². The van der Waals surface area contributed by atoms with Crippen molar-refractivity contribution in [3.05, 3.63) is 65.2 Å². The van der Waals surface area contributed by atoms with E-state index in [2.05, 4.69) is 40.1 Å². The third kappa shape index (κ3) is 5.30. The average Bonchev–Trinajstić information content (AvgIpc) is 2.60. The third-order valence-electron chi connectivity index (χ3n) is 4.52. The smallest absolute Gasteiger partial charge is 0.119 e. The summed E-state index contributed by atoms with van der Waals surface area (Å²) in [5, 5.41) is 10.4. The lowest BCUT2D eigenvalue weighted by Gasteiger charge is -2.30. The number of ether oxygens (including phenoxy) is 1. The Morgan fingerprint density at radius 2 is 1.92 bits per heavy atom. The van der Waals surface area contributed by atoms with Crippen molar-refractivity contribution in [3.8, 4) is 5.75 Å². The van der Waals surface area contributed by atoms with Gasteiger partial charge in [-0.25, -0.2) is 0 Å². The standard InChI is InChI=1S/C21H28N2O2/c1-22(2)13-17-6-5-9-21(12-17)25-16-20(24)15-23-11-10-18-7-3-4-8-19(18)14-23/h3-9,12,20,24H,10-11,13-16H2,1-2H3. The van der Waals surface area contributed by atoms with Gasteiger partial charge in [-0.15, -0.1) is 0 Å². The Bertz CT molecular complexity index is 687. The zero-order valence-corrected chi connectivity index (χ0v) is 15.2. The summed E-state index contributed by atoms with van der Waals surface area (Å²) in [6.07, 6.45) is 0.568. The van der Waals surface area contributed by atoms with E-state index in [-0.39, 0.29) is 0 Å². The van der Waals surface area contributed by atoms with E-state index in [1.54, 1.807) is 0 Å². The minimum atomic E-state index is -0.484. The summed E-state index contributed by atoms with van der Waals surface area (Å²) in [6, 6.07) is 16.7. The van der Waals surface area contributed by atoms with E-state index < -0.39 is 6.10 Å². The van der Waals surface area contributed by atoms with Crippen LogP contribution in [0.1, 0.15) is 16.7 Å². The highest BCUT2D eigenvalue weighted by Crippen LogP contribution is 2.19. The maximum absolute atomic E-state index is 10.4. The van der Waals surface area contributed by atoms with Crippen LogP contribution in [0.25, 0.3) is 0 Å². The molecular formula is C21H28N2O2. The van der Waals surface area contributed by atoms with E-state index in [9.17, 15) is 5.11 Å². The molecule has 4 nitrogen and oxygen atoms in total. The second-order valence-corrected chi connectivity index (χ2v) is 7.10. The quantitative estimate of drug-likeness (QED) is 0.840. The first kappa shape index (κ1) is 17.9. The first-order chi connectivity index (χ1) is 12.1. The molecule has 0 aliphatic carbocycles. The summed E-state index contributed by atoms with van der Waals surface area (Å²) in [5.74, 6) is 0.822. The molecule has 1 N–H and O–H groups in total. The van der Waals surface area contributed by atoms with Gasteiger partial charge in [0.15, 0.2) is 0 Å². The van der Waals surface area contributed by atoms with Crippen molar-refractivity contribution >= 4 is 0 Å². The molecule has 0 aromatic heterocycles. The molecular weight excluding hydrogens is 312 g/mol. The van der Waals surface area contributed by atoms with Crippen LogP contribution in [0.15, 0.2) is 48.5 Å². The van der Waals surface area contributed by atoms with Crippen molar-refractivity contribution < 1.29 is 9.84 Å². The average molecular weight is 340 g/mol. The number of hydrogen-bond donors (Lipinski definition) is 1. The zero-order chi connectivity index (χ0) is 17.6. The largest absolute Gasteiger partial charge is 0.491 e. The zero-order valence-electron chi connectivity index (χ0n) is 15.2. The van der Waals surface area contributed by atoms with Crippen molar-refractivity contribution in [2.24, 2.45) is 0 Å². The maximum Gasteiger partial charge on any atom is 0.119 e. The Hall–Kier alpha value is -1.88. The minimum absolute atomic E-state index is 0.323. The van der Waals surface area contributed by atoms with Gasteiger partial charge in [-0.3, -0.25) is 4.90 Å². The van der Waals surface area contributed by atoms with Crippen LogP contribution in [0.2, 0.25) is 0 Å². The van der Waals surface area contributed by atoms with Crippen molar-refractivity contribution in [3.63, 3.8) is 0 Å². The lowest BCUT2D eigenvalue weighted by Crippen LogP contribution is -2.38. The lowest BCUT2D eigenvalue weighted by atomic mass is 10.00. The van der Waals surface area contributed by atoms with E-state index in [1.807, 2.05) is 32.3 Å². The van der Waals surface area contributed by atoms with Crippen LogP contribution in [0.5, 0.6) is 5.75 Å². The summed E-state index contributed by atoms with van der Waals surface area (Å²) in [7, 11) is 4.10. The normalized spacial score (nSPS) is 15.8. The fourth-order valence-corrected chi connectivity index (χ4v) is 3.35. The van der Waals surface area contributed by atoms with Crippen molar-refractivity contribution in [2.45, 2.75) is 25.6 Å². The summed E-state index contributed by atoms with van der Waals surface area (Å²) < 4.78 is 5.81. The monoisotopic (exact) mass is 340 g/mol. The van der Waals surface area contributed by atoms with Crippen LogP contribution in [0, 0.1) is 0 Å². The van der Waals surface area contributed by atoms with E-state index in [1.165, 1.54) is 16.7 Å². The number of nitrogens with zero attached hydrogens (tertiary/aromatic N) is 2. The van der Waals surface area contributed by atoms with Crippen LogP contribution < -0.4 is 4.74 Å². The highest BCUT2D eigenvalue weighted by Gasteiger charge is 2.18. The number of aliphatic hydroxyl groups is 1. The SMILES string of the molecule is CN(C)Cc1cccc(OCC(O)CN2CCc3ccccc3C2)c1. The summed E-state index contributed by atoms with van der Waals surface area (Å²) in [5.41, 5.74) is 4.02. The number of fused-ring (bicyclic) bond motifs is 1. The highest BCUT2D eigenvalue weighted by molar-refractivity contribution is 5.29. The predicted molar refractivity (Wildman–Crippen MR) is 101 cm³/mol. The molecule has 25 heavy (non-hydrogen) atoms. The topological polar surface area (TPSA) is 35.9 Å². The third-order valence-corrected chi connectivity index (χ3v) is 4.52. The number of β-amino-alcohol motifs (C(OH)–C–C–N with tert-alkyl or cyclic N) is 1. The molecule has 0 bridgehead atoms. The minimum Gasteiger partial charge on any atom is -0.491 e. The molecule has 0 saturated carbocycles. The van der Waals surface area contributed by atoms with Crippen molar-refractivity contribution in [2.75, 3.05) is 33.8 Å². The van der Waals surface area contributed by atoms with Gasteiger partial charge in [0.2, 0.25) is 0 Å². The molecule has 2 aromatic rings. The molecule has 3 rings (SSSR count). The van der Waals surface area contributed by atoms with Gasteiger partial charge in [-0.1, -0.05) is 36.4 Å². The van der Waals surface area contributed by atoms with Gasteiger partial charge < -0.3 is 14.7 Å². The van der Waals surface area contributed by atoms with Gasteiger partial charge in [0.25, 0.3) is 0 Å². The highest BCUT2D eigenvalue weighted by atomic mass is 16.5. The van der Waals surface area contributed by atoms with Gasteiger partial charge >= 0.3 is 0 Å². The van der Waals surface area contributed by atoms with Crippen LogP contribution in [-0.2, 0) is 19.5 Å². The Kier molecular flexibility index (Phi) is 6.08. The van der Waals surface area contributed by atoms with E-state index in [0.717, 1.165) is 31.8 Å². The maximum atomic E-state index is 10.4. The van der Waals surface area contributed by atoms with Crippen LogP contribution in [0.3, 0.4) is 0 Å². The Balaban J connectivity index is 1.48. The molecule has 2 aromatic carbocycles. The Morgan fingerprint density at radius 3 is 2.72 bits per heavy atom. The fraction of sp³-hybridized carbons (Fsp3) is 0.429. The van der Waals surface area contributed by atoms with Gasteiger partial charge in [0, 0.05) is 26.2 Å². The fourth-order valence-electron chi connectivity index (χ4n) is 3.35. The lowest BCUT2D eigenvalue weighted by molar-refractivity contribution is 0.0637. The molecule has 4 heteroatoms. The number of benzene rings is 2. The van der Waals surface area contributed by atoms with E-state index in [4.69, 9.17) is 4.74 Å². The molecule has 0 radical (unpaired) electrons. The second-order valence-electron chi connectivity index (χ2n) is 7.10. The molecule has 1 atom stereocenters. The molecule has 1 unspecified atom stereocenters. The molecule has 0 saturated heterocycles. The Labute approximate surface area is 150 Å². The molecule has 134 valence electrons. The van der Waals surface area contributed by atoms with Crippen LogP contribution in [-0.4, -0.2) is 54.8 Å². The molecule has 0 spiro atoms. The van der Waals surface area contributed by atoms with Gasteiger partial charge in [-0.05, 0) is 49.3 Å². The van der Waals surface area contributed by atoms with Gasteiger partial charge in [-0.2, -0.15) is 0 Å². The molecule has 0 fully saturated rings. The molecule has 1 aliphatic heterocycles. The van der Waals surface area contributed by atoms with E-state index in [0.29, 0.717) is 13.2 Å². The van der Waals surface area contributed by atoms with Crippen molar-refractivity contribution in [1.82, 2.24) is 9.80 Å². The van der Waals surface area contributed by atoms with E-state index >= 15 is 0 Å². The molecule has 1 heterocycles. The second kappa shape index (κ2) is 8.48. The number of rotatable bonds is 7. The summed E-state index contributed by atoms with van der Waals surface area (Å²) in [4.78, 5) is 4.43. The number of hydrogen-bond acceptors (Lipinski definition) is 4. The van der Waals surface area contributed by atoms with Crippen LogP contribution in [0.4, 0.5) is 0 Å². The first-order valence-electron chi connectivity index (χ1n) is 8.94.